The molecule has 1 unspecified atom stereocenters. The van der Waals surface area contributed by atoms with E-state index in [1.807, 2.05) is 11.9 Å². The number of piperidine rings is 1. The molecule has 1 amide bonds. The van der Waals surface area contributed by atoms with Gasteiger partial charge in [0.1, 0.15) is 11.6 Å². The van der Waals surface area contributed by atoms with Gasteiger partial charge in [0.2, 0.25) is 5.91 Å². The molecule has 2 N–H and O–H groups in total. The quantitative estimate of drug-likeness (QED) is 0.868. The molecule has 2 rings (SSSR count). The maximum absolute atomic E-state index is 13.0. The van der Waals surface area contributed by atoms with Crippen molar-refractivity contribution in [2.75, 3.05) is 38.5 Å². The fraction of sp³-hybridized carbons (Fsp3) is 0.533. The van der Waals surface area contributed by atoms with E-state index in [0.717, 1.165) is 50.7 Å². The summed E-state index contributed by atoms with van der Waals surface area (Å²) in [5.41, 5.74) is 0.144. The first kappa shape index (κ1) is 18.8. The Balaban J connectivity index is 0.00000242. The molecule has 124 valence electrons. The molecule has 1 saturated heterocycles. The normalized spacial score (nSPS) is 17.9. The van der Waals surface area contributed by atoms with Crippen LogP contribution in [0.3, 0.4) is 0 Å². The summed E-state index contributed by atoms with van der Waals surface area (Å²) in [6, 6.07) is 2.98. The van der Waals surface area contributed by atoms with Gasteiger partial charge in [-0.1, -0.05) is 0 Å². The van der Waals surface area contributed by atoms with Gasteiger partial charge in [0.15, 0.2) is 0 Å². The fourth-order valence-corrected chi connectivity index (χ4v) is 2.66. The van der Waals surface area contributed by atoms with Crippen molar-refractivity contribution in [3.05, 3.63) is 29.8 Å². The molecule has 7 heteroatoms. The van der Waals surface area contributed by atoms with Crippen LogP contribution in [0.25, 0.3) is 0 Å². The average Bonchev–Trinajstić information content (AvgIpc) is 2.37. The van der Waals surface area contributed by atoms with Crippen molar-refractivity contribution >= 4 is 24.0 Å². The van der Waals surface area contributed by atoms with Gasteiger partial charge in [-0.05, 0) is 51.0 Å². The third-order valence-electron chi connectivity index (χ3n) is 3.53. The molecule has 0 aromatic heterocycles. The van der Waals surface area contributed by atoms with E-state index in [9.17, 15) is 13.6 Å². The zero-order valence-corrected chi connectivity index (χ0v) is 13.4. The molecule has 1 atom stereocenters. The Morgan fingerprint density at radius 1 is 1.36 bits per heavy atom. The minimum absolute atomic E-state index is 0. The van der Waals surface area contributed by atoms with Crippen molar-refractivity contribution in [3.63, 3.8) is 0 Å². The standard InChI is InChI=1S/C15H21F2N3O.ClH/c1-20(9-11-3-2-4-18-8-11)10-15(21)19-14-6-12(16)5-13(17)7-14;/h5-7,11,18H,2-4,8-10H2,1H3,(H,19,21);1H. The summed E-state index contributed by atoms with van der Waals surface area (Å²) >= 11 is 0. The number of halogens is 3. The molecule has 0 radical (unpaired) electrons. The van der Waals surface area contributed by atoms with Crippen LogP contribution in [0.5, 0.6) is 0 Å². The summed E-state index contributed by atoms with van der Waals surface area (Å²) in [6.07, 6.45) is 2.32. The number of benzene rings is 1. The first-order valence-corrected chi connectivity index (χ1v) is 7.18. The zero-order valence-electron chi connectivity index (χ0n) is 12.6. The summed E-state index contributed by atoms with van der Waals surface area (Å²) in [4.78, 5) is 13.8. The second-order valence-corrected chi connectivity index (χ2v) is 5.62. The lowest BCUT2D eigenvalue weighted by molar-refractivity contribution is -0.117. The molecule has 1 fully saturated rings. The topological polar surface area (TPSA) is 44.4 Å². The van der Waals surface area contributed by atoms with E-state index in [2.05, 4.69) is 10.6 Å². The molecule has 1 aromatic rings. The van der Waals surface area contributed by atoms with E-state index in [-0.39, 0.29) is 30.5 Å². The highest BCUT2D eigenvalue weighted by Gasteiger charge is 2.16. The number of carbonyl (C=O) groups is 1. The predicted octanol–water partition coefficient (Wildman–Crippen LogP) is 2.26. The van der Waals surface area contributed by atoms with Crippen molar-refractivity contribution < 1.29 is 13.6 Å². The van der Waals surface area contributed by atoms with Gasteiger partial charge in [0, 0.05) is 18.3 Å². The molecule has 0 aliphatic carbocycles. The Hall–Kier alpha value is -1.24. The third-order valence-corrected chi connectivity index (χ3v) is 3.53. The molecule has 1 aliphatic heterocycles. The van der Waals surface area contributed by atoms with Crippen LogP contribution in [0.15, 0.2) is 18.2 Å². The van der Waals surface area contributed by atoms with Gasteiger partial charge < -0.3 is 10.6 Å². The Morgan fingerprint density at radius 3 is 2.64 bits per heavy atom. The highest BCUT2D eigenvalue weighted by atomic mass is 35.5. The number of hydrogen-bond acceptors (Lipinski definition) is 3. The summed E-state index contributed by atoms with van der Waals surface area (Å²) in [5.74, 6) is -1.13. The van der Waals surface area contributed by atoms with Crippen molar-refractivity contribution in [2.24, 2.45) is 5.92 Å². The number of anilines is 1. The predicted molar refractivity (Wildman–Crippen MR) is 85.3 cm³/mol. The van der Waals surface area contributed by atoms with Crippen LogP contribution in [-0.4, -0.2) is 44.0 Å². The largest absolute Gasteiger partial charge is 0.325 e. The van der Waals surface area contributed by atoms with E-state index in [4.69, 9.17) is 0 Å². The smallest absolute Gasteiger partial charge is 0.238 e. The van der Waals surface area contributed by atoms with Gasteiger partial charge in [-0.3, -0.25) is 9.69 Å². The van der Waals surface area contributed by atoms with Gasteiger partial charge in [0.05, 0.1) is 6.54 Å². The van der Waals surface area contributed by atoms with Crippen molar-refractivity contribution in [2.45, 2.75) is 12.8 Å². The maximum atomic E-state index is 13.0. The lowest BCUT2D eigenvalue weighted by Gasteiger charge is -2.27. The number of hydrogen-bond donors (Lipinski definition) is 2. The highest BCUT2D eigenvalue weighted by molar-refractivity contribution is 5.92. The Bertz CT molecular complexity index is 475. The van der Waals surface area contributed by atoms with Crippen LogP contribution in [0.4, 0.5) is 14.5 Å². The van der Waals surface area contributed by atoms with Crippen LogP contribution in [0, 0.1) is 17.6 Å². The molecule has 0 bridgehead atoms. The van der Waals surface area contributed by atoms with Crippen molar-refractivity contribution in [1.29, 1.82) is 0 Å². The van der Waals surface area contributed by atoms with Crippen LogP contribution in [0.2, 0.25) is 0 Å². The molecular formula is C15H22ClF2N3O. The van der Waals surface area contributed by atoms with Crippen molar-refractivity contribution in [1.82, 2.24) is 10.2 Å². The maximum Gasteiger partial charge on any atom is 0.238 e. The van der Waals surface area contributed by atoms with Crippen LogP contribution in [-0.2, 0) is 4.79 Å². The second-order valence-electron chi connectivity index (χ2n) is 5.62. The lowest BCUT2D eigenvalue weighted by atomic mass is 9.99. The second kappa shape index (κ2) is 9.02. The average molecular weight is 334 g/mol. The van der Waals surface area contributed by atoms with E-state index in [1.54, 1.807) is 0 Å². The summed E-state index contributed by atoms with van der Waals surface area (Å²) in [7, 11) is 1.88. The number of nitrogens with zero attached hydrogens (tertiary/aromatic N) is 1. The number of likely N-dealkylation sites (N-methyl/N-ethyl adjacent to an activating group) is 1. The van der Waals surface area contributed by atoms with Gasteiger partial charge in [-0.25, -0.2) is 8.78 Å². The van der Waals surface area contributed by atoms with Crippen LogP contribution >= 0.6 is 12.4 Å². The molecule has 1 aliphatic rings. The highest BCUT2D eigenvalue weighted by Crippen LogP contribution is 2.13. The minimum Gasteiger partial charge on any atom is -0.325 e. The molecule has 0 spiro atoms. The number of nitrogens with one attached hydrogen (secondary N) is 2. The first-order chi connectivity index (χ1) is 10.0. The minimum atomic E-state index is -0.702. The van der Waals surface area contributed by atoms with E-state index in [0.29, 0.717) is 5.92 Å². The molecule has 1 aromatic carbocycles. The third kappa shape index (κ3) is 6.25. The molecule has 0 saturated carbocycles. The summed E-state index contributed by atoms with van der Waals surface area (Å²) in [5, 5.41) is 5.85. The van der Waals surface area contributed by atoms with E-state index in [1.165, 1.54) is 0 Å². The molecule has 22 heavy (non-hydrogen) atoms. The zero-order chi connectivity index (χ0) is 15.2. The van der Waals surface area contributed by atoms with E-state index >= 15 is 0 Å². The monoisotopic (exact) mass is 333 g/mol. The van der Waals surface area contributed by atoms with Crippen molar-refractivity contribution in [3.8, 4) is 0 Å². The van der Waals surface area contributed by atoms with Gasteiger partial charge in [-0.15, -0.1) is 12.4 Å². The SMILES string of the molecule is CN(CC(=O)Nc1cc(F)cc(F)c1)CC1CCCNC1.Cl. The molecular weight excluding hydrogens is 312 g/mol. The van der Waals surface area contributed by atoms with Crippen LogP contribution in [0.1, 0.15) is 12.8 Å². The lowest BCUT2D eigenvalue weighted by Crippen LogP contribution is -2.39. The first-order valence-electron chi connectivity index (χ1n) is 7.18. The van der Waals surface area contributed by atoms with Crippen LogP contribution < -0.4 is 10.6 Å². The Kier molecular flexibility index (Phi) is 7.72. The fourth-order valence-electron chi connectivity index (χ4n) is 2.66. The van der Waals surface area contributed by atoms with Gasteiger partial charge in [0.25, 0.3) is 0 Å². The van der Waals surface area contributed by atoms with Gasteiger partial charge >= 0.3 is 0 Å². The Labute approximate surface area is 135 Å². The summed E-state index contributed by atoms with van der Waals surface area (Å²) < 4.78 is 26.1. The Morgan fingerprint density at radius 2 is 2.05 bits per heavy atom. The summed E-state index contributed by atoms with van der Waals surface area (Å²) in [6.45, 7) is 3.07. The van der Waals surface area contributed by atoms with Gasteiger partial charge in [-0.2, -0.15) is 0 Å². The number of rotatable bonds is 5. The van der Waals surface area contributed by atoms with E-state index < -0.39 is 11.6 Å². The number of carbonyl (C=O) groups excluding carboxylic acids is 1. The molecule has 1 heterocycles. The number of amides is 1. The molecule has 4 nitrogen and oxygen atoms in total.